The van der Waals surface area contributed by atoms with E-state index in [2.05, 4.69) is 6.58 Å². The predicted octanol–water partition coefficient (Wildman–Crippen LogP) is 1.83. The Kier molecular flexibility index (Phi) is 3.72. The van der Waals surface area contributed by atoms with E-state index in [4.69, 9.17) is 14.2 Å². The van der Waals surface area contributed by atoms with Crippen molar-refractivity contribution in [3.8, 4) is 0 Å². The number of aliphatic hydroxyl groups excluding tert-OH is 1. The van der Waals surface area contributed by atoms with Gasteiger partial charge in [0.15, 0.2) is 0 Å². The van der Waals surface area contributed by atoms with E-state index in [9.17, 15) is 14.7 Å². The summed E-state index contributed by atoms with van der Waals surface area (Å²) in [6, 6.07) is 0. The molecule has 0 spiro atoms. The van der Waals surface area contributed by atoms with E-state index in [1.165, 1.54) is 0 Å². The van der Waals surface area contributed by atoms with Gasteiger partial charge in [-0.05, 0) is 33.3 Å². The highest BCUT2D eigenvalue weighted by molar-refractivity contribution is 5.92. The fourth-order valence-electron chi connectivity index (χ4n) is 4.87. The van der Waals surface area contributed by atoms with Crippen LogP contribution < -0.4 is 0 Å². The molecular weight excluding hydrogens is 336 g/mol. The summed E-state index contributed by atoms with van der Waals surface area (Å²) in [5.74, 6) is -1.58. The first-order chi connectivity index (χ1) is 12.2. The van der Waals surface area contributed by atoms with Crippen molar-refractivity contribution in [3.63, 3.8) is 0 Å². The van der Waals surface area contributed by atoms with Crippen LogP contribution in [0.1, 0.15) is 34.1 Å². The Morgan fingerprint density at radius 3 is 2.81 bits per heavy atom. The number of hydrogen-bond donors (Lipinski definition) is 1. The Labute approximate surface area is 152 Å². The van der Waals surface area contributed by atoms with Crippen molar-refractivity contribution in [1.82, 2.24) is 0 Å². The molecule has 1 saturated carbocycles. The zero-order chi connectivity index (χ0) is 19.0. The molecule has 6 nitrogen and oxygen atoms in total. The van der Waals surface area contributed by atoms with E-state index in [0.717, 1.165) is 11.1 Å². The number of esters is 2. The van der Waals surface area contributed by atoms with Gasteiger partial charge in [0.25, 0.3) is 0 Å². The smallest absolute Gasteiger partial charge is 0.334 e. The van der Waals surface area contributed by atoms with Gasteiger partial charge in [0.1, 0.15) is 30.0 Å². The van der Waals surface area contributed by atoms with E-state index in [-0.39, 0.29) is 12.0 Å². The summed E-state index contributed by atoms with van der Waals surface area (Å²) in [5, 5.41) is 10.7. The van der Waals surface area contributed by atoms with E-state index < -0.39 is 41.8 Å². The van der Waals surface area contributed by atoms with Crippen LogP contribution in [0.2, 0.25) is 0 Å². The number of hydrogen-bond acceptors (Lipinski definition) is 6. The molecule has 0 bridgehead atoms. The zero-order valence-electron chi connectivity index (χ0n) is 15.4. The van der Waals surface area contributed by atoms with Crippen molar-refractivity contribution in [1.29, 1.82) is 0 Å². The van der Waals surface area contributed by atoms with Gasteiger partial charge in [-0.25, -0.2) is 9.59 Å². The number of ether oxygens (including phenoxy) is 3. The van der Waals surface area contributed by atoms with E-state index >= 15 is 0 Å². The summed E-state index contributed by atoms with van der Waals surface area (Å²) in [6.45, 7) is 11.2. The quantitative estimate of drug-likeness (QED) is 0.350. The van der Waals surface area contributed by atoms with Crippen LogP contribution in [0.4, 0.5) is 0 Å². The topological polar surface area (TPSA) is 85.4 Å². The molecule has 0 unspecified atom stereocenters. The van der Waals surface area contributed by atoms with Crippen LogP contribution in [-0.2, 0) is 23.8 Å². The lowest BCUT2D eigenvalue weighted by Crippen LogP contribution is -2.40. The fourth-order valence-corrected chi connectivity index (χ4v) is 4.87. The second-order valence-corrected chi connectivity index (χ2v) is 7.92. The lowest BCUT2D eigenvalue weighted by Gasteiger charge is -2.30. The standard InChI is InChI=1S/C20H24O6/c1-6-8(2)18(22)24-11-7-9(3)12-14(20(5)17(26-20)15(12)21)16-13(11)10(4)19(23)25-16/h6,11,13-17,21H,4,7H2,1-3,5H3/b8-6-/t11-,13-,14+,15-,16+,17-,20+/m0/s1. The zero-order valence-corrected chi connectivity index (χ0v) is 15.4. The van der Waals surface area contributed by atoms with Gasteiger partial charge in [-0.2, -0.15) is 0 Å². The van der Waals surface area contributed by atoms with Gasteiger partial charge in [-0.15, -0.1) is 0 Å². The average molecular weight is 360 g/mol. The van der Waals surface area contributed by atoms with E-state index in [1.807, 2.05) is 13.8 Å². The maximum absolute atomic E-state index is 12.3. The third-order valence-electron chi connectivity index (χ3n) is 6.45. The highest BCUT2D eigenvalue weighted by Crippen LogP contribution is 2.62. The first kappa shape index (κ1) is 17.5. The van der Waals surface area contributed by atoms with Crippen LogP contribution in [0.15, 0.2) is 34.9 Å². The van der Waals surface area contributed by atoms with Crippen LogP contribution in [0.5, 0.6) is 0 Å². The SMILES string of the molecule is C=C1C(=O)O[C@@H]2[C@@H]1[C@@H](OC(=O)/C(C)=C\C)CC(C)=C1[C@H]2[C@@]2(C)O[C@H]2[C@H]1O. The van der Waals surface area contributed by atoms with Crippen molar-refractivity contribution in [2.75, 3.05) is 0 Å². The minimum atomic E-state index is -0.718. The van der Waals surface area contributed by atoms with E-state index in [0.29, 0.717) is 17.6 Å². The highest BCUT2D eigenvalue weighted by Gasteiger charge is 2.73. The molecule has 1 N–H and O–H groups in total. The number of aliphatic hydroxyl groups is 1. The Morgan fingerprint density at radius 1 is 1.46 bits per heavy atom. The summed E-state index contributed by atoms with van der Waals surface area (Å²) in [5.41, 5.74) is 2.10. The number of carbonyl (C=O) groups excluding carboxylic acids is 2. The molecule has 0 aromatic carbocycles. The Morgan fingerprint density at radius 2 is 2.15 bits per heavy atom. The number of epoxide rings is 1. The Balaban J connectivity index is 1.76. The molecule has 0 amide bonds. The number of carbonyl (C=O) groups is 2. The summed E-state index contributed by atoms with van der Waals surface area (Å²) < 4.78 is 17.2. The third-order valence-corrected chi connectivity index (χ3v) is 6.45. The predicted molar refractivity (Wildman–Crippen MR) is 91.9 cm³/mol. The van der Waals surface area contributed by atoms with Crippen LogP contribution in [0.25, 0.3) is 0 Å². The van der Waals surface area contributed by atoms with Crippen molar-refractivity contribution >= 4 is 11.9 Å². The van der Waals surface area contributed by atoms with Crippen molar-refractivity contribution < 1.29 is 28.9 Å². The second-order valence-electron chi connectivity index (χ2n) is 7.92. The summed E-state index contributed by atoms with van der Waals surface area (Å²) in [4.78, 5) is 24.6. The normalized spacial score (nSPS) is 44.1. The average Bonchev–Trinajstić information content (AvgIpc) is 3.15. The maximum Gasteiger partial charge on any atom is 0.334 e. The monoisotopic (exact) mass is 360 g/mol. The first-order valence-corrected chi connectivity index (χ1v) is 8.99. The molecule has 0 aromatic heterocycles. The number of fused-ring (bicyclic) bond motifs is 5. The van der Waals surface area contributed by atoms with Crippen molar-refractivity contribution in [3.05, 3.63) is 34.9 Å². The summed E-state index contributed by atoms with van der Waals surface area (Å²) in [6.07, 6.45) is 0.0335. The second kappa shape index (κ2) is 5.54. The number of rotatable bonds is 2. The Hall–Kier alpha value is -1.92. The van der Waals surface area contributed by atoms with Gasteiger partial charge in [0.2, 0.25) is 0 Å². The highest BCUT2D eigenvalue weighted by atomic mass is 16.6. The van der Waals surface area contributed by atoms with Crippen LogP contribution in [0, 0.1) is 11.8 Å². The Bertz CT molecular complexity index is 777. The molecule has 6 heteroatoms. The van der Waals surface area contributed by atoms with Gasteiger partial charge < -0.3 is 19.3 Å². The van der Waals surface area contributed by atoms with Gasteiger partial charge in [0.05, 0.1) is 11.8 Å². The summed E-state index contributed by atoms with van der Waals surface area (Å²) in [7, 11) is 0. The molecule has 26 heavy (non-hydrogen) atoms. The van der Waals surface area contributed by atoms with Gasteiger partial charge in [0, 0.05) is 17.6 Å². The molecule has 2 heterocycles. The molecule has 2 aliphatic heterocycles. The molecule has 7 atom stereocenters. The van der Waals surface area contributed by atoms with Crippen LogP contribution >= 0.6 is 0 Å². The first-order valence-electron chi connectivity index (χ1n) is 8.99. The minimum absolute atomic E-state index is 0.248. The largest absolute Gasteiger partial charge is 0.458 e. The molecule has 0 radical (unpaired) electrons. The van der Waals surface area contributed by atoms with Gasteiger partial charge in [-0.1, -0.05) is 18.2 Å². The van der Waals surface area contributed by atoms with Crippen molar-refractivity contribution in [2.24, 2.45) is 11.8 Å². The minimum Gasteiger partial charge on any atom is -0.458 e. The molecule has 0 aromatic rings. The van der Waals surface area contributed by atoms with E-state index in [1.54, 1.807) is 19.9 Å². The van der Waals surface area contributed by atoms with Gasteiger partial charge in [-0.3, -0.25) is 0 Å². The molecule has 2 aliphatic carbocycles. The fraction of sp³-hybridized carbons (Fsp3) is 0.600. The molecule has 140 valence electrons. The van der Waals surface area contributed by atoms with Crippen molar-refractivity contribution in [2.45, 2.75) is 64.1 Å². The lowest BCUT2D eigenvalue weighted by atomic mass is 9.80. The van der Waals surface area contributed by atoms with Crippen LogP contribution in [0.3, 0.4) is 0 Å². The molecular formula is C20H24O6. The lowest BCUT2D eigenvalue weighted by molar-refractivity contribution is -0.149. The molecule has 3 fully saturated rings. The molecule has 4 rings (SSSR count). The number of allylic oxidation sites excluding steroid dienone is 1. The molecule has 2 saturated heterocycles. The summed E-state index contributed by atoms with van der Waals surface area (Å²) >= 11 is 0. The maximum atomic E-state index is 12.3. The third kappa shape index (κ3) is 2.18. The van der Waals surface area contributed by atoms with Crippen LogP contribution in [-0.4, -0.2) is 47.1 Å². The van der Waals surface area contributed by atoms with Gasteiger partial charge >= 0.3 is 11.9 Å². The molecule has 4 aliphatic rings.